The minimum atomic E-state index is 0.267. The summed E-state index contributed by atoms with van der Waals surface area (Å²) in [6.45, 7) is 5.01. The summed E-state index contributed by atoms with van der Waals surface area (Å²) >= 11 is 0. The van der Waals surface area contributed by atoms with Crippen LogP contribution in [-0.2, 0) is 4.79 Å². The van der Waals surface area contributed by atoms with E-state index in [0.29, 0.717) is 5.78 Å². The minimum absolute atomic E-state index is 0.267. The van der Waals surface area contributed by atoms with Crippen molar-refractivity contribution in [2.45, 2.75) is 58.8 Å². The van der Waals surface area contributed by atoms with Gasteiger partial charge in [-0.05, 0) is 90.4 Å². The van der Waals surface area contributed by atoms with E-state index in [9.17, 15) is 4.79 Å². The first-order valence-electron chi connectivity index (χ1n) is 10.8. The molecule has 1 heterocycles. The molecular formula is C24H30BNO. The highest BCUT2D eigenvalue weighted by atomic mass is 16.1. The number of aromatic nitrogens is 1. The number of carbonyl (C=O) groups excluding carboxylic acids is 1. The summed E-state index contributed by atoms with van der Waals surface area (Å²) in [5.41, 5.74) is 6.54. The molecular weight excluding hydrogens is 329 g/mol. The molecule has 3 heteroatoms. The Hall–Kier alpha value is -1.64. The summed E-state index contributed by atoms with van der Waals surface area (Å²) in [5.74, 6) is 2.66. The fourth-order valence-corrected chi connectivity index (χ4v) is 7.57. The molecule has 5 rings (SSSR count). The van der Waals surface area contributed by atoms with E-state index in [2.05, 4.69) is 45.0 Å². The van der Waals surface area contributed by atoms with Crippen LogP contribution in [0, 0.1) is 28.6 Å². The first-order valence-corrected chi connectivity index (χ1v) is 10.8. The van der Waals surface area contributed by atoms with Crippen molar-refractivity contribution in [3.05, 3.63) is 47.2 Å². The van der Waals surface area contributed by atoms with Crippen LogP contribution < -0.4 is 0 Å². The number of nitrogens with zero attached hydrogens (tertiary/aromatic N) is 1. The molecule has 0 bridgehead atoms. The summed E-state index contributed by atoms with van der Waals surface area (Å²) in [5, 5.41) is 0. The summed E-state index contributed by atoms with van der Waals surface area (Å²) in [4.78, 5) is 16.4. The van der Waals surface area contributed by atoms with E-state index in [-0.39, 0.29) is 10.8 Å². The summed E-state index contributed by atoms with van der Waals surface area (Å²) in [6, 6.07) is 4.33. The molecule has 0 spiro atoms. The van der Waals surface area contributed by atoms with E-state index >= 15 is 0 Å². The van der Waals surface area contributed by atoms with Gasteiger partial charge in [-0.3, -0.25) is 9.78 Å². The Morgan fingerprint density at radius 1 is 1.11 bits per heavy atom. The number of pyridine rings is 1. The second-order valence-corrected chi connectivity index (χ2v) is 10.0. The first-order chi connectivity index (χ1) is 12.9. The summed E-state index contributed by atoms with van der Waals surface area (Å²) in [7, 11) is 2.36. The van der Waals surface area contributed by atoms with Gasteiger partial charge in [0.15, 0.2) is 5.78 Å². The molecule has 0 N–H and O–H groups in total. The average molecular weight is 359 g/mol. The van der Waals surface area contributed by atoms with Crippen LogP contribution in [0.5, 0.6) is 0 Å². The third kappa shape index (κ3) is 2.39. The van der Waals surface area contributed by atoms with Crippen LogP contribution in [0.15, 0.2) is 41.6 Å². The van der Waals surface area contributed by atoms with Gasteiger partial charge in [-0.1, -0.05) is 25.5 Å². The topological polar surface area (TPSA) is 30.0 Å². The van der Waals surface area contributed by atoms with Gasteiger partial charge in [0.1, 0.15) is 7.85 Å². The van der Waals surface area contributed by atoms with Crippen LogP contribution >= 0.6 is 0 Å². The van der Waals surface area contributed by atoms with Crippen LogP contribution in [0.4, 0.5) is 0 Å². The number of rotatable bonds is 1. The van der Waals surface area contributed by atoms with Crippen molar-refractivity contribution >= 4 is 19.2 Å². The van der Waals surface area contributed by atoms with Crippen LogP contribution in [0.1, 0.15) is 64.4 Å². The second-order valence-electron chi connectivity index (χ2n) is 10.0. The van der Waals surface area contributed by atoms with Crippen molar-refractivity contribution in [1.82, 2.24) is 4.98 Å². The molecule has 140 valence electrons. The zero-order chi connectivity index (χ0) is 18.8. The zero-order valence-corrected chi connectivity index (χ0v) is 16.9. The van der Waals surface area contributed by atoms with Gasteiger partial charge in [0.25, 0.3) is 0 Å². The Bertz CT molecular complexity index is 856. The molecule has 5 atom stereocenters. The number of carbonyl (C=O) groups is 1. The Morgan fingerprint density at radius 2 is 1.96 bits per heavy atom. The van der Waals surface area contributed by atoms with Crippen LogP contribution in [0.25, 0.3) is 5.57 Å². The number of ketones is 1. The third-order valence-corrected chi connectivity index (χ3v) is 8.83. The molecule has 1 aromatic heterocycles. The fourth-order valence-electron chi connectivity index (χ4n) is 7.57. The molecule has 3 unspecified atom stereocenters. The molecule has 0 saturated heterocycles. The summed E-state index contributed by atoms with van der Waals surface area (Å²) < 4.78 is 0. The van der Waals surface area contributed by atoms with Crippen molar-refractivity contribution in [2.24, 2.45) is 28.6 Å². The van der Waals surface area contributed by atoms with E-state index in [1.807, 2.05) is 12.3 Å². The molecule has 2 nitrogen and oxygen atoms in total. The Kier molecular flexibility index (Phi) is 3.83. The van der Waals surface area contributed by atoms with Gasteiger partial charge in [0.05, 0.1) is 0 Å². The van der Waals surface area contributed by atoms with E-state index in [1.165, 1.54) is 36.8 Å². The Balaban J connectivity index is 1.51. The number of fused-ring (bicyclic) bond motifs is 5. The van der Waals surface area contributed by atoms with E-state index < -0.39 is 0 Å². The second kappa shape index (κ2) is 5.93. The first kappa shape index (κ1) is 17.5. The van der Waals surface area contributed by atoms with Gasteiger partial charge in [-0.2, -0.15) is 0 Å². The molecule has 0 aliphatic heterocycles. The molecule has 27 heavy (non-hydrogen) atoms. The molecule has 2 fully saturated rings. The molecule has 0 amide bonds. The maximum Gasteiger partial charge on any atom is 0.155 e. The lowest BCUT2D eigenvalue weighted by molar-refractivity contribution is -0.117. The molecule has 1 aromatic rings. The molecule has 2 saturated carbocycles. The van der Waals surface area contributed by atoms with Gasteiger partial charge in [-0.15, -0.1) is 5.47 Å². The lowest BCUT2D eigenvalue weighted by Gasteiger charge is -2.58. The molecule has 4 aliphatic rings. The lowest BCUT2D eigenvalue weighted by Crippen LogP contribution is -2.49. The fraction of sp³-hybridized carbons (Fsp3) is 0.583. The minimum Gasteiger partial charge on any atom is -0.295 e. The van der Waals surface area contributed by atoms with Crippen molar-refractivity contribution < 1.29 is 4.79 Å². The maximum absolute atomic E-state index is 12.0. The predicted octanol–water partition coefficient (Wildman–Crippen LogP) is 4.57. The van der Waals surface area contributed by atoms with E-state index in [1.54, 1.807) is 11.0 Å². The summed E-state index contributed by atoms with van der Waals surface area (Å²) in [6.07, 6.45) is 14.0. The maximum atomic E-state index is 12.0. The van der Waals surface area contributed by atoms with Gasteiger partial charge < -0.3 is 0 Å². The lowest BCUT2D eigenvalue weighted by atomic mass is 9.46. The smallest absolute Gasteiger partial charge is 0.155 e. The normalized spacial score (nSPS) is 40.9. The number of hydrogen-bond acceptors (Lipinski definition) is 2. The van der Waals surface area contributed by atoms with Crippen molar-refractivity contribution in [2.75, 3.05) is 0 Å². The Morgan fingerprint density at radius 3 is 2.74 bits per heavy atom. The SMILES string of the molecule is BC1=C(c2cccnc2)[C@@]2(C)CCC3C(CCC4=CC(=O)CC[C@@]43C)C2C1. The van der Waals surface area contributed by atoms with Crippen molar-refractivity contribution in [3.63, 3.8) is 0 Å². The quantitative estimate of drug-likeness (QED) is 0.688. The number of allylic oxidation sites excluding steroid dienone is 4. The largest absolute Gasteiger partial charge is 0.295 e. The van der Waals surface area contributed by atoms with Gasteiger partial charge in [0.2, 0.25) is 0 Å². The highest BCUT2D eigenvalue weighted by Crippen LogP contribution is 2.67. The molecule has 4 aliphatic carbocycles. The standard InChI is InChI=1S/C24H30BNO/c1-23-9-7-17(27)12-16(23)5-6-18-19(23)8-10-24(2)20(18)13-21(25)22(24)15-4-3-11-26-14-15/h3-4,11-12,14,18-20H,5-10,13,25H2,1-2H3/t18?,19?,20?,23-,24-/m0/s1. The van der Waals surface area contributed by atoms with Crippen LogP contribution in [-0.4, -0.2) is 18.6 Å². The number of hydrogen-bond donors (Lipinski definition) is 0. The molecule has 0 aromatic carbocycles. The van der Waals surface area contributed by atoms with Gasteiger partial charge in [-0.25, -0.2) is 0 Å². The zero-order valence-electron chi connectivity index (χ0n) is 16.9. The van der Waals surface area contributed by atoms with E-state index in [4.69, 9.17) is 0 Å². The third-order valence-electron chi connectivity index (χ3n) is 8.83. The monoisotopic (exact) mass is 359 g/mol. The van der Waals surface area contributed by atoms with E-state index in [0.717, 1.165) is 37.0 Å². The van der Waals surface area contributed by atoms with Gasteiger partial charge >= 0.3 is 0 Å². The average Bonchev–Trinajstić information content (AvgIpc) is 2.93. The molecule has 0 radical (unpaired) electrons. The van der Waals surface area contributed by atoms with Crippen molar-refractivity contribution in [3.8, 4) is 0 Å². The predicted molar refractivity (Wildman–Crippen MR) is 112 cm³/mol. The van der Waals surface area contributed by atoms with Crippen LogP contribution in [0.2, 0.25) is 0 Å². The van der Waals surface area contributed by atoms with Gasteiger partial charge in [0, 0.05) is 18.8 Å². The Labute approximate surface area is 163 Å². The highest BCUT2D eigenvalue weighted by molar-refractivity contribution is 6.26. The van der Waals surface area contributed by atoms with Crippen LogP contribution in [0.3, 0.4) is 0 Å². The van der Waals surface area contributed by atoms with Crippen molar-refractivity contribution in [1.29, 1.82) is 0 Å². The highest BCUT2D eigenvalue weighted by Gasteiger charge is 2.57.